The number of ether oxygens (including phenoxy) is 1. The Balaban J connectivity index is 1.35. The van der Waals surface area contributed by atoms with Crippen molar-refractivity contribution in [1.29, 1.82) is 0 Å². The number of nitrogens with zero attached hydrogens (tertiary/aromatic N) is 5. The van der Waals surface area contributed by atoms with Gasteiger partial charge in [0.05, 0.1) is 30.0 Å². The number of ketones is 1. The molecular weight excluding hydrogens is 714 g/mol. The van der Waals surface area contributed by atoms with Crippen LogP contribution in [-0.2, 0) is 20.7 Å². The Kier molecular flexibility index (Phi) is 9.70. The molecule has 2 aliphatic heterocycles. The number of amides is 2. The molecule has 5 heterocycles. The number of halogens is 2. The molecule has 2 N–H and O–H groups in total. The smallest absolute Gasteiger partial charge is 0.414 e. The third-order valence-corrected chi connectivity index (χ3v) is 10.5. The summed E-state index contributed by atoms with van der Waals surface area (Å²) in [6.07, 6.45) is 2.91. The quantitative estimate of drug-likeness (QED) is 0.213. The van der Waals surface area contributed by atoms with Gasteiger partial charge in [-0.15, -0.1) is 0 Å². The van der Waals surface area contributed by atoms with Crippen LogP contribution in [0.2, 0.25) is 0 Å². The summed E-state index contributed by atoms with van der Waals surface area (Å²) in [6.45, 7) is 7.01. The summed E-state index contributed by atoms with van der Waals surface area (Å²) in [6, 6.07) is 7.54. The number of benzene rings is 1. The van der Waals surface area contributed by atoms with Crippen molar-refractivity contribution in [1.82, 2.24) is 19.6 Å². The van der Waals surface area contributed by atoms with Gasteiger partial charge in [0, 0.05) is 91.8 Å². The molecule has 3 aromatic heterocycles. The minimum absolute atomic E-state index is 0.0226. The summed E-state index contributed by atoms with van der Waals surface area (Å²) in [5.41, 5.74) is 2.05. The zero-order valence-electron chi connectivity index (χ0n) is 31.2. The van der Waals surface area contributed by atoms with Gasteiger partial charge >= 0.3 is 12.1 Å². The normalized spacial score (nSPS) is 17.5. The van der Waals surface area contributed by atoms with Gasteiger partial charge in [0.1, 0.15) is 11.2 Å². The minimum atomic E-state index is -1.14. The Morgan fingerprint density at radius 3 is 2.55 bits per heavy atom. The number of anilines is 2. The Morgan fingerprint density at radius 2 is 1.82 bits per heavy atom. The molecule has 0 unspecified atom stereocenters. The first-order chi connectivity index (χ1) is 26.0. The fraction of sp³-hybridized carbons (Fsp3) is 0.400. The molecule has 2 fully saturated rings. The van der Waals surface area contributed by atoms with E-state index in [0.717, 1.165) is 25.6 Å². The average molecular weight is 757 g/mol. The number of pyridine rings is 3. The Morgan fingerprint density at radius 1 is 1.07 bits per heavy atom. The van der Waals surface area contributed by atoms with Gasteiger partial charge in [-0.3, -0.25) is 33.5 Å². The topological polar surface area (TPSA) is 154 Å². The molecule has 0 bridgehead atoms. The second-order valence-corrected chi connectivity index (χ2v) is 15.5. The molecular formula is C40H42F2N6O7. The van der Waals surface area contributed by atoms with Crippen LogP contribution in [-0.4, -0.2) is 95.1 Å². The number of nitrogens with one attached hydrogen (secondary N) is 1. The van der Waals surface area contributed by atoms with E-state index in [4.69, 9.17) is 14.8 Å². The van der Waals surface area contributed by atoms with E-state index in [-0.39, 0.29) is 42.1 Å². The SMILES string of the molecule is CN1C[C@@H]2CCN(c3c(-c4ccc5ccc(C(=O)NCC(=O)CCC(=O)O)c(=O)n5c4)cnc4c3-c3c(F)c(F)cc(N(C)C(=O)OC(C)(C)C)c3C4)[C@@H]2C1. The van der Waals surface area contributed by atoms with E-state index < -0.39 is 53.1 Å². The summed E-state index contributed by atoms with van der Waals surface area (Å²) in [7, 11) is 3.51. The number of carbonyl (C=O) groups is 4. The number of likely N-dealkylation sites (tertiary alicyclic amines) is 1. The molecule has 3 aliphatic rings. The Bertz CT molecular complexity index is 2340. The second kappa shape index (κ2) is 14.2. The number of likely N-dealkylation sites (N-methyl/N-ethyl adjacent to an activating group) is 1. The highest BCUT2D eigenvalue weighted by atomic mass is 19.2. The van der Waals surface area contributed by atoms with Crippen LogP contribution in [0.1, 0.15) is 61.6 Å². The van der Waals surface area contributed by atoms with Crippen molar-refractivity contribution < 1.29 is 37.8 Å². The summed E-state index contributed by atoms with van der Waals surface area (Å²) < 4.78 is 38.9. The van der Waals surface area contributed by atoms with E-state index in [9.17, 15) is 24.0 Å². The first-order valence-corrected chi connectivity index (χ1v) is 18.1. The molecule has 1 aromatic carbocycles. The summed E-state index contributed by atoms with van der Waals surface area (Å²) in [5.74, 6) is -4.26. The molecule has 1 aliphatic carbocycles. The van der Waals surface area contributed by atoms with Crippen LogP contribution in [0.4, 0.5) is 25.0 Å². The number of hydrogen-bond donors (Lipinski definition) is 2. The van der Waals surface area contributed by atoms with Crippen LogP contribution in [0.15, 0.2) is 47.5 Å². The lowest BCUT2D eigenvalue weighted by Crippen LogP contribution is -2.35. The maximum Gasteiger partial charge on any atom is 0.414 e. The highest BCUT2D eigenvalue weighted by molar-refractivity contribution is 6.00. The molecule has 0 spiro atoms. The second-order valence-electron chi connectivity index (χ2n) is 15.5. The summed E-state index contributed by atoms with van der Waals surface area (Å²) in [4.78, 5) is 73.4. The van der Waals surface area contributed by atoms with Gasteiger partial charge in [-0.25, -0.2) is 13.6 Å². The van der Waals surface area contributed by atoms with Crippen molar-refractivity contribution in [2.24, 2.45) is 5.92 Å². The number of rotatable bonds is 9. The zero-order valence-corrected chi connectivity index (χ0v) is 31.2. The highest BCUT2D eigenvalue weighted by Gasteiger charge is 2.44. The number of carboxylic acids is 1. The third-order valence-electron chi connectivity index (χ3n) is 10.5. The summed E-state index contributed by atoms with van der Waals surface area (Å²) >= 11 is 0. The molecule has 55 heavy (non-hydrogen) atoms. The van der Waals surface area contributed by atoms with Gasteiger partial charge < -0.3 is 25.0 Å². The van der Waals surface area contributed by atoms with Gasteiger partial charge in [0.2, 0.25) is 0 Å². The molecule has 13 nitrogen and oxygen atoms in total. The van der Waals surface area contributed by atoms with Crippen molar-refractivity contribution in [2.45, 2.75) is 58.1 Å². The van der Waals surface area contributed by atoms with Gasteiger partial charge in [0.25, 0.3) is 11.5 Å². The molecule has 15 heteroatoms. The molecule has 2 amide bonds. The summed E-state index contributed by atoms with van der Waals surface area (Å²) in [5, 5.41) is 11.2. The van der Waals surface area contributed by atoms with Gasteiger partial charge in [-0.2, -0.15) is 0 Å². The van der Waals surface area contributed by atoms with Crippen molar-refractivity contribution in [3.63, 3.8) is 0 Å². The lowest BCUT2D eigenvalue weighted by atomic mass is 9.96. The van der Waals surface area contributed by atoms with E-state index >= 15 is 8.78 Å². The molecule has 0 radical (unpaired) electrons. The standard InChI is InChI=1S/C40H42F2N6O7/c1-40(2,3)55-39(54)46(5)30-15-28(41)35(42)33-26(30)14-29-34(33)36(47-13-12-22-18-45(4)20-31(22)47)27(17-43-29)21-6-7-23-8-10-25(38(53)48(23)19-21)37(52)44-16-24(49)9-11-32(50)51/h6-8,10,15,17,19,22,31H,9,11-14,16,18,20H2,1-5H3,(H,44,52)(H,50,51)/t22-,31+/m0/s1. The van der Waals surface area contributed by atoms with Crippen LogP contribution < -0.4 is 20.7 Å². The molecule has 2 saturated heterocycles. The molecule has 0 saturated carbocycles. The Hall–Kier alpha value is -5.70. The largest absolute Gasteiger partial charge is 0.481 e. The molecule has 2 atom stereocenters. The number of fused-ring (bicyclic) bond motifs is 5. The van der Waals surface area contributed by atoms with Crippen molar-refractivity contribution in [3.8, 4) is 22.3 Å². The zero-order chi connectivity index (χ0) is 39.5. The van der Waals surface area contributed by atoms with E-state index in [1.165, 1.54) is 22.4 Å². The van der Waals surface area contributed by atoms with E-state index in [1.54, 1.807) is 51.4 Å². The van der Waals surface area contributed by atoms with Gasteiger partial charge in [-0.1, -0.05) is 6.07 Å². The molecule has 288 valence electrons. The number of hydrogen-bond acceptors (Lipinski definition) is 9. The first kappa shape index (κ1) is 37.6. The fourth-order valence-corrected chi connectivity index (χ4v) is 8.02. The number of Topliss-reactive ketones (excluding diaryl/α,β-unsaturated/α-hetero) is 1. The van der Waals surface area contributed by atoms with Crippen LogP contribution >= 0.6 is 0 Å². The average Bonchev–Trinajstić information content (AvgIpc) is 3.82. The van der Waals surface area contributed by atoms with Crippen molar-refractivity contribution in [3.05, 3.63) is 81.5 Å². The van der Waals surface area contributed by atoms with Crippen LogP contribution in [0.25, 0.3) is 27.8 Å². The van der Waals surface area contributed by atoms with Gasteiger partial charge in [0.15, 0.2) is 17.4 Å². The fourth-order valence-electron chi connectivity index (χ4n) is 8.02. The van der Waals surface area contributed by atoms with Crippen LogP contribution in [0.5, 0.6) is 0 Å². The van der Waals surface area contributed by atoms with Crippen LogP contribution in [0.3, 0.4) is 0 Å². The predicted octanol–water partition coefficient (Wildman–Crippen LogP) is 4.89. The minimum Gasteiger partial charge on any atom is -0.481 e. The Labute approximate surface area is 315 Å². The highest BCUT2D eigenvalue weighted by Crippen LogP contribution is 2.52. The van der Waals surface area contributed by atoms with Crippen LogP contribution in [0, 0.1) is 17.6 Å². The third kappa shape index (κ3) is 7.04. The van der Waals surface area contributed by atoms with E-state index in [1.807, 2.05) is 7.05 Å². The molecule has 4 aromatic rings. The maximum absolute atomic E-state index is 16.3. The monoisotopic (exact) mass is 756 g/mol. The first-order valence-electron chi connectivity index (χ1n) is 18.1. The van der Waals surface area contributed by atoms with Crippen molar-refractivity contribution >= 4 is 40.6 Å². The van der Waals surface area contributed by atoms with E-state index in [2.05, 4.69) is 15.1 Å². The maximum atomic E-state index is 16.3. The van der Waals surface area contributed by atoms with Gasteiger partial charge in [-0.05, 0) is 63.9 Å². The lowest BCUT2D eigenvalue weighted by Gasteiger charge is -2.31. The number of aromatic nitrogens is 2. The number of carbonyl (C=O) groups excluding carboxylic acids is 3. The predicted molar refractivity (Wildman–Crippen MR) is 201 cm³/mol. The number of aliphatic carboxylic acids is 1. The van der Waals surface area contributed by atoms with E-state index in [0.29, 0.717) is 51.6 Å². The van der Waals surface area contributed by atoms with Crippen molar-refractivity contribution in [2.75, 3.05) is 50.1 Å². The number of carboxylic acid groups (broad SMARTS) is 1. The molecule has 7 rings (SSSR count). The lowest BCUT2D eigenvalue weighted by molar-refractivity contribution is -0.138.